The second-order valence-corrected chi connectivity index (χ2v) is 7.40. The number of hydrogen-bond donors (Lipinski definition) is 2. The van der Waals surface area contributed by atoms with Gasteiger partial charge in [0.15, 0.2) is 0 Å². The van der Waals surface area contributed by atoms with Gasteiger partial charge in [0, 0.05) is 31.1 Å². The number of sulfonamides is 1. The molecule has 2 N–H and O–H groups in total. The van der Waals surface area contributed by atoms with Crippen molar-refractivity contribution in [3.05, 3.63) is 45.9 Å². The molecule has 0 radical (unpaired) electrons. The quantitative estimate of drug-likeness (QED) is 0.681. The van der Waals surface area contributed by atoms with Crippen molar-refractivity contribution in [3.63, 3.8) is 0 Å². The van der Waals surface area contributed by atoms with E-state index in [1.807, 2.05) is 0 Å². The maximum absolute atomic E-state index is 12.4. The number of hydrogen-bond acceptors (Lipinski definition) is 7. The molecule has 0 bridgehead atoms. The summed E-state index contributed by atoms with van der Waals surface area (Å²) in [5.41, 5.74) is 0.957. The zero-order chi connectivity index (χ0) is 18.6. The van der Waals surface area contributed by atoms with Gasteiger partial charge in [0.25, 0.3) is 0 Å². The maximum Gasteiger partial charge on any atom is 0.340 e. The van der Waals surface area contributed by atoms with Crippen LogP contribution >= 0.6 is 0 Å². The lowest BCUT2D eigenvalue weighted by Gasteiger charge is -2.23. The lowest BCUT2D eigenvalue weighted by molar-refractivity contribution is 0.379. The molecule has 1 aliphatic heterocycles. The zero-order valence-corrected chi connectivity index (χ0v) is 14.7. The van der Waals surface area contributed by atoms with E-state index in [0.29, 0.717) is 18.5 Å². The van der Waals surface area contributed by atoms with Crippen molar-refractivity contribution in [1.82, 2.24) is 29.5 Å². The van der Waals surface area contributed by atoms with Crippen molar-refractivity contribution in [2.75, 3.05) is 20.2 Å². The van der Waals surface area contributed by atoms with Gasteiger partial charge in [-0.1, -0.05) is 17.9 Å². The van der Waals surface area contributed by atoms with Crippen LogP contribution in [0.4, 0.5) is 0 Å². The van der Waals surface area contributed by atoms with Crippen LogP contribution in [-0.2, 0) is 15.8 Å². The van der Waals surface area contributed by atoms with E-state index in [2.05, 4.69) is 37.0 Å². The van der Waals surface area contributed by atoms with Crippen LogP contribution in [0.1, 0.15) is 17.8 Å². The Kier molecular flexibility index (Phi) is 5.15. The van der Waals surface area contributed by atoms with Crippen molar-refractivity contribution in [3.8, 4) is 17.9 Å². The van der Waals surface area contributed by atoms with E-state index < -0.39 is 15.7 Å². The fourth-order valence-corrected chi connectivity index (χ4v) is 3.63. The molecule has 11 heteroatoms. The number of methoxy groups -OCH3 is 1. The molecular formula is C15H16N6O4S. The van der Waals surface area contributed by atoms with Gasteiger partial charge < -0.3 is 4.74 Å². The summed E-state index contributed by atoms with van der Waals surface area (Å²) in [5, 5.41) is 5.78. The molecule has 10 nitrogen and oxygen atoms in total. The van der Waals surface area contributed by atoms with E-state index in [9.17, 15) is 13.2 Å². The molecule has 0 aliphatic carbocycles. The number of ether oxygens (including phenoxy) is 1. The van der Waals surface area contributed by atoms with Crippen LogP contribution in [0.25, 0.3) is 0 Å². The monoisotopic (exact) mass is 376 g/mol. The number of nitrogens with zero attached hydrogens (tertiary/aromatic N) is 4. The molecule has 1 aliphatic rings. The summed E-state index contributed by atoms with van der Waals surface area (Å²) in [4.78, 5) is 21.3. The molecular weight excluding hydrogens is 360 g/mol. The third-order valence-electron chi connectivity index (χ3n) is 3.61. The number of nitrogens with one attached hydrogen (secondary N) is 2. The molecule has 26 heavy (non-hydrogen) atoms. The average molecular weight is 376 g/mol. The highest BCUT2D eigenvalue weighted by Crippen LogP contribution is 2.15. The van der Waals surface area contributed by atoms with Crippen LogP contribution in [0.5, 0.6) is 6.01 Å². The normalized spacial score (nSPS) is 15.0. The van der Waals surface area contributed by atoms with Crippen molar-refractivity contribution < 1.29 is 13.2 Å². The van der Waals surface area contributed by atoms with E-state index in [1.165, 1.54) is 11.4 Å². The molecule has 0 fully saturated rings. The summed E-state index contributed by atoms with van der Waals surface area (Å²) in [7, 11) is -2.08. The summed E-state index contributed by atoms with van der Waals surface area (Å²) in [5.74, 6) is 5.68. The number of H-pyrrole nitrogens is 2. The van der Waals surface area contributed by atoms with Crippen LogP contribution < -0.4 is 10.4 Å². The minimum Gasteiger partial charge on any atom is -0.467 e. The van der Waals surface area contributed by atoms with Crippen molar-refractivity contribution in [1.29, 1.82) is 0 Å². The highest BCUT2D eigenvalue weighted by Gasteiger charge is 2.25. The van der Waals surface area contributed by atoms with E-state index in [4.69, 9.17) is 4.74 Å². The fraction of sp³-hybridized carbons (Fsp3) is 0.333. The molecule has 0 spiro atoms. The summed E-state index contributed by atoms with van der Waals surface area (Å²) < 4.78 is 31.0. The van der Waals surface area contributed by atoms with Crippen LogP contribution in [0.2, 0.25) is 0 Å². The van der Waals surface area contributed by atoms with Gasteiger partial charge in [-0.25, -0.2) is 28.3 Å². The molecule has 0 aromatic carbocycles. The highest BCUT2D eigenvalue weighted by atomic mass is 32.2. The molecule has 0 amide bonds. The van der Waals surface area contributed by atoms with Crippen LogP contribution in [0.15, 0.2) is 28.8 Å². The second kappa shape index (κ2) is 7.51. The summed E-state index contributed by atoms with van der Waals surface area (Å²) in [6.45, 7) is 0.538. The van der Waals surface area contributed by atoms with E-state index >= 15 is 0 Å². The highest BCUT2D eigenvalue weighted by molar-refractivity contribution is 7.88. The van der Waals surface area contributed by atoms with Crippen molar-refractivity contribution in [2.24, 2.45) is 0 Å². The largest absolute Gasteiger partial charge is 0.467 e. The van der Waals surface area contributed by atoms with Gasteiger partial charge in [0.2, 0.25) is 10.0 Å². The van der Waals surface area contributed by atoms with Gasteiger partial charge in [-0.05, 0) is 6.42 Å². The first-order chi connectivity index (χ1) is 12.5. The minimum absolute atomic E-state index is 0.0871. The number of aromatic nitrogens is 5. The van der Waals surface area contributed by atoms with Gasteiger partial charge in [-0.2, -0.15) is 9.40 Å². The molecule has 2 aromatic rings. The topological polar surface area (TPSA) is 134 Å². The lowest BCUT2D eigenvalue weighted by Crippen LogP contribution is -2.35. The SMILES string of the molecule is COc1ncc(C#CC2=CCN(S(=O)(=O)Cc3n[nH]c(=O)[nH]3)CC2)cn1. The van der Waals surface area contributed by atoms with Gasteiger partial charge in [-0.15, -0.1) is 0 Å². The summed E-state index contributed by atoms with van der Waals surface area (Å²) in [6.07, 6.45) is 5.39. The Bertz CT molecular complexity index is 1030. The van der Waals surface area contributed by atoms with Gasteiger partial charge in [-0.3, -0.25) is 4.98 Å². The predicted octanol–water partition coefficient (Wildman–Crippen LogP) is -0.590. The first kappa shape index (κ1) is 17.8. The Morgan fingerprint density at radius 1 is 1.31 bits per heavy atom. The molecule has 0 unspecified atom stereocenters. The van der Waals surface area contributed by atoms with Crippen molar-refractivity contribution in [2.45, 2.75) is 12.2 Å². The maximum atomic E-state index is 12.4. The number of aromatic amines is 2. The van der Waals surface area contributed by atoms with Crippen LogP contribution in [0.3, 0.4) is 0 Å². The first-order valence-electron chi connectivity index (χ1n) is 7.65. The zero-order valence-electron chi connectivity index (χ0n) is 13.9. The van der Waals surface area contributed by atoms with Gasteiger partial charge >= 0.3 is 11.7 Å². The third-order valence-corrected chi connectivity index (χ3v) is 5.37. The van der Waals surface area contributed by atoms with Gasteiger partial charge in [0.1, 0.15) is 11.6 Å². The molecule has 2 aromatic heterocycles. The Labute approximate surface area is 149 Å². The second-order valence-electron chi connectivity index (χ2n) is 5.43. The van der Waals surface area contributed by atoms with E-state index in [0.717, 1.165) is 5.57 Å². The van der Waals surface area contributed by atoms with Crippen LogP contribution in [0, 0.1) is 11.8 Å². The Balaban J connectivity index is 1.64. The molecule has 0 saturated carbocycles. The molecule has 3 heterocycles. The van der Waals surface area contributed by atoms with E-state index in [-0.39, 0.29) is 24.1 Å². The standard InChI is InChI=1S/C15H16N6O4S/c1-25-15-16-8-12(9-17-15)3-2-11-4-6-21(7-5-11)26(23,24)10-13-18-14(22)20-19-13/h4,8-9H,5-7,10H2,1H3,(H2,18,19,20,22). The average Bonchev–Trinajstić information content (AvgIpc) is 3.05. The molecule has 0 atom stereocenters. The fourth-order valence-electron chi connectivity index (χ4n) is 2.29. The Morgan fingerprint density at radius 2 is 2.08 bits per heavy atom. The van der Waals surface area contributed by atoms with Crippen LogP contribution in [-0.4, -0.2) is 58.1 Å². The molecule has 0 saturated heterocycles. The first-order valence-corrected chi connectivity index (χ1v) is 9.25. The molecule has 3 rings (SSSR count). The van der Waals surface area contributed by atoms with Gasteiger partial charge in [0.05, 0.1) is 12.7 Å². The minimum atomic E-state index is -3.57. The summed E-state index contributed by atoms with van der Waals surface area (Å²) >= 11 is 0. The Morgan fingerprint density at radius 3 is 2.65 bits per heavy atom. The lowest BCUT2D eigenvalue weighted by atomic mass is 10.1. The van der Waals surface area contributed by atoms with E-state index in [1.54, 1.807) is 18.5 Å². The van der Waals surface area contributed by atoms with Crippen molar-refractivity contribution >= 4 is 10.0 Å². The predicted molar refractivity (Wildman–Crippen MR) is 91.6 cm³/mol. The molecule has 136 valence electrons. The number of rotatable bonds is 4. The Hall–Kier alpha value is -2.97. The smallest absolute Gasteiger partial charge is 0.340 e. The summed E-state index contributed by atoms with van der Waals surface area (Å²) in [6, 6.07) is 0.270. The third kappa shape index (κ3) is 4.35.